The fourth-order valence-corrected chi connectivity index (χ4v) is 2.19. The minimum atomic E-state index is -4.59. The second kappa shape index (κ2) is 5.17. The van der Waals surface area contributed by atoms with Crippen molar-refractivity contribution >= 4 is 11.6 Å². The highest BCUT2D eigenvalue weighted by Gasteiger charge is 2.61. The maximum absolute atomic E-state index is 13.2. The Hall–Kier alpha value is -2.00. The number of alkyl halides is 3. The number of hydrogen-bond acceptors (Lipinski definition) is 2. The normalized spacial score (nSPS) is 22.3. The van der Waals surface area contributed by atoms with Crippen molar-refractivity contribution < 1.29 is 18.0 Å². The Kier molecular flexibility index (Phi) is 3.73. The molecule has 1 aliphatic heterocycles. The van der Waals surface area contributed by atoms with Gasteiger partial charge in [-0.1, -0.05) is 12.0 Å². The van der Waals surface area contributed by atoms with Gasteiger partial charge in [-0.25, -0.2) is 0 Å². The minimum absolute atomic E-state index is 0.164. The van der Waals surface area contributed by atoms with Crippen LogP contribution in [-0.2, 0) is 4.79 Å². The summed E-state index contributed by atoms with van der Waals surface area (Å²) in [4.78, 5) is 12.1. The van der Waals surface area contributed by atoms with Gasteiger partial charge in [-0.05, 0) is 31.2 Å². The van der Waals surface area contributed by atoms with E-state index in [0.717, 1.165) is 0 Å². The van der Waals surface area contributed by atoms with Gasteiger partial charge in [0.2, 0.25) is 5.91 Å². The van der Waals surface area contributed by atoms with E-state index in [1.165, 1.54) is 12.1 Å². The van der Waals surface area contributed by atoms with E-state index in [1.54, 1.807) is 12.1 Å². The Labute approximate surface area is 114 Å². The van der Waals surface area contributed by atoms with Gasteiger partial charge in [0, 0.05) is 17.8 Å². The lowest BCUT2D eigenvalue weighted by Gasteiger charge is -2.29. The van der Waals surface area contributed by atoms with E-state index in [9.17, 15) is 18.0 Å². The molecule has 6 heteroatoms. The van der Waals surface area contributed by atoms with Crippen molar-refractivity contribution in [1.82, 2.24) is 5.32 Å². The Morgan fingerprint density at radius 3 is 2.75 bits per heavy atom. The summed E-state index contributed by atoms with van der Waals surface area (Å²) in [5, 5.41) is 4.91. The van der Waals surface area contributed by atoms with Crippen LogP contribution in [0.2, 0.25) is 0 Å². The van der Waals surface area contributed by atoms with E-state index in [1.807, 2.05) is 0 Å². The predicted octanol–water partition coefficient (Wildman–Crippen LogP) is 2.15. The molecular formula is C14H13F3N2O. The minimum Gasteiger partial charge on any atom is -0.325 e. The Morgan fingerprint density at radius 1 is 1.45 bits per heavy atom. The molecule has 0 radical (unpaired) electrons. The van der Waals surface area contributed by atoms with Crippen LogP contribution in [0.3, 0.4) is 0 Å². The lowest BCUT2D eigenvalue weighted by Crippen LogP contribution is -2.49. The molecule has 0 spiro atoms. The molecule has 1 fully saturated rings. The zero-order valence-electron chi connectivity index (χ0n) is 10.6. The van der Waals surface area contributed by atoms with Crippen LogP contribution in [0.1, 0.15) is 12.0 Å². The van der Waals surface area contributed by atoms with E-state index in [2.05, 4.69) is 16.6 Å². The number of halogens is 3. The SMILES string of the molecule is C#Cc1cccc(NC(=O)C2(C(F)(F)F)CCNC2)c1. The zero-order chi connectivity index (χ0) is 14.8. The Morgan fingerprint density at radius 2 is 2.20 bits per heavy atom. The zero-order valence-corrected chi connectivity index (χ0v) is 10.6. The maximum Gasteiger partial charge on any atom is 0.404 e. The second-order valence-corrected chi connectivity index (χ2v) is 4.69. The number of anilines is 1. The first-order valence-electron chi connectivity index (χ1n) is 6.05. The summed E-state index contributed by atoms with van der Waals surface area (Å²) in [6.45, 7) is -0.242. The average Bonchev–Trinajstić information content (AvgIpc) is 2.89. The standard InChI is InChI=1S/C14H13F3N2O/c1-2-10-4-3-5-11(8-10)19-12(20)13(14(15,16)17)6-7-18-9-13/h1,3-5,8,18H,6-7,9H2,(H,19,20). The van der Waals surface area contributed by atoms with Crippen LogP contribution >= 0.6 is 0 Å². The Bertz CT molecular complexity index is 554. The second-order valence-electron chi connectivity index (χ2n) is 4.69. The van der Waals surface area contributed by atoms with Crippen molar-refractivity contribution in [1.29, 1.82) is 0 Å². The number of carbonyl (C=O) groups excluding carboxylic acids is 1. The van der Waals surface area contributed by atoms with Crippen molar-refractivity contribution in [3.05, 3.63) is 29.8 Å². The molecule has 1 aliphatic rings. The van der Waals surface area contributed by atoms with Gasteiger partial charge >= 0.3 is 6.18 Å². The molecule has 106 valence electrons. The lowest BCUT2D eigenvalue weighted by molar-refractivity contribution is -0.213. The van der Waals surface area contributed by atoms with Crippen molar-refractivity contribution in [2.24, 2.45) is 5.41 Å². The number of rotatable bonds is 2. The number of carbonyl (C=O) groups is 1. The van der Waals surface area contributed by atoms with Gasteiger partial charge in [-0.15, -0.1) is 6.42 Å². The smallest absolute Gasteiger partial charge is 0.325 e. The van der Waals surface area contributed by atoms with E-state index in [4.69, 9.17) is 6.42 Å². The van der Waals surface area contributed by atoms with Crippen molar-refractivity contribution in [3.8, 4) is 12.3 Å². The van der Waals surface area contributed by atoms with Crippen LogP contribution in [-0.4, -0.2) is 25.2 Å². The topological polar surface area (TPSA) is 41.1 Å². The predicted molar refractivity (Wildman–Crippen MR) is 69.0 cm³/mol. The third kappa shape index (κ3) is 2.49. The van der Waals surface area contributed by atoms with E-state index >= 15 is 0 Å². The van der Waals surface area contributed by atoms with Gasteiger partial charge in [0.05, 0.1) is 0 Å². The molecule has 1 atom stereocenters. The molecule has 1 heterocycles. The number of amides is 1. The number of terminal acetylenes is 1. The van der Waals surface area contributed by atoms with Gasteiger partial charge in [-0.2, -0.15) is 13.2 Å². The molecule has 2 N–H and O–H groups in total. The van der Waals surface area contributed by atoms with Crippen LogP contribution in [0, 0.1) is 17.8 Å². The summed E-state index contributed by atoms with van der Waals surface area (Å²) in [7, 11) is 0. The summed E-state index contributed by atoms with van der Waals surface area (Å²) in [6, 6.07) is 6.18. The largest absolute Gasteiger partial charge is 0.404 e. The monoisotopic (exact) mass is 282 g/mol. The lowest BCUT2D eigenvalue weighted by atomic mass is 9.85. The molecule has 3 nitrogen and oxygen atoms in total. The fourth-order valence-electron chi connectivity index (χ4n) is 2.19. The van der Waals surface area contributed by atoms with Crippen LogP contribution in [0.15, 0.2) is 24.3 Å². The van der Waals surface area contributed by atoms with Gasteiger partial charge in [0.1, 0.15) is 0 Å². The molecule has 0 bridgehead atoms. The highest BCUT2D eigenvalue weighted by molar-refractivity contribution is 5.96. The fraction of sp³-hybridized carbons (Fsp3) is 0.357. The first-order chi connectivity index (χ1) is 9.39. The quantitative estimate of drug-likeness (QED) is 0.816. The van der Waals surface area contributed by atoms with E-state index in [-0.39, 0.29) is 18.7 Å². The summed E-state index contributed by atoms with van der Waals surface area (Å²) < 4.78 is 39.5. The highest BCUT2D eigenvalue weighted by atomic mass is 19.4. The molecule has 0 aliphatic carbocycles. The third-order valence-electron chi connectivity index (χ3n) is 3.42. The summed E-state index contributed by atoms with van der Waals surface area (Å²) in [5.74, 6) is 1.31. The third-order valence-corrected chi connectivity index (χ3v) is 3.42. The molecule has 1 unspecified atom stereocenters. The van der Waals surface area contributed by atoms with Gasteiger partial charge < -0.3 is 10.6 Å². The van der Waals surface area contributed by atoms with Gasteiger partial charge in [0.15, 0.2) is 5.41 Å². The Balaban J connectivity index is 2.24. The van der Waals surface area contributed by atoms with Crippen LogP contribution in [0.5, 0.6) is 0 Å². The summed E-state index contributed by atoms with van der Waals surface area (Å²) in [6.07, 6.45) is 0.355. The highest BCUT2D eigenvalue weighted by Crippen LogP contribution is 2.43. The van der Waals surface area contributed by atoms with E-state index < -0.39 is 24.0 Å². The van der Waals surface area contributed by atoms with Crippen molar-refractivity contribution in [3.63, 3.8) is 0 Å². The molecule has 0 saturated carbocycles. The van der Waals surface area contributed by atoms with E-state index in [0.29, 0.717) is 5.56 Å². The summed E-state index contributed by atoms with van der Waals surface area (Å²) in [5.41, 5.74) is -1.62. The van der Waals surface area contributed by atoms with Crippen LogP contribution in [0.25, 0.3) is 0 Å². The first-order valence-corrected chi connectivity index (χ1v) is 6.05. The average molecular weight is 282 g/mol. The molecule has 2 rings (SSSR count). The van der Waals surface area contributed by atoms with Crippen molar-refractivity contribution in [2.45, 2.75) is 12.6 Å². The van der Waals surface area contributed by atoms with Crippen molar-refractivity contribution in [2.75, 3.05) is 18.4 Å². The number of nitrogens with one attached hydrogen (secondary N) is 2. The van der Waals surface area contributed by atoms with Gasteiger partial charge in [-0.3, -0.25) is 4.79 Å². The molecule has 0 aromatic heterocycles. The summed E-state index contributed by atoms with van der Waals surface area (Å²) >= 11 is 0. The molecule has 1 aromatic rings. The van der Waals surface area contributed by atoms with Crippen LogP contribution < -0.4 is 10.6 Å². The molecule has 1 saturated heterocycles. The molecule has 1 aromatic carbocycles. The van der Waals surface area contributed by atoms with Crippen LogP contribution in [0.4, 0.5) is 18.9 Å². The number of hydrogen-bond donors (Lipinski definition) is 2. The molecule has 20 heavy (non-hydrogen) atoms. The van der Waals surface area contributed by atoms with Gasteiger partial charge in [0.25, 0.3) is 0 Å². The molecule has 1 amide bonds. The molecular weight excluding hydrogens is 269 g/mol. The maximum atomic E-state index is 13.2. The number of benzene rings is 1. The first kappa shape index (κ1) is 14.4.